The summed E-state index contributed by atoms with van der Waals surface area (Å²) in [5.74, 6) is 2.57. The summed E-state index contributed by atoms with van der Waals surface area (Å²) in [5, 5.41) is 0. The van der Waals surface area contributed by atoms with Crippen LogP contribution in [0.1, 0.15) is 33.1 Å². The second-order valence-electron chi connectivity index (χ2n) is 5.19. The van der Waals surface area contributed by atoms with E-state index in [1.165, 1.54) is 56.9 Å². The number of hydrogen-bond acceptors (Lipinski definition) is 3. The highest BCUT2D eigenvalue weighted by Gasteiger charge is 2.30. The number of piperazine rings is 1. The third kappa shape index (κ3) is 3.14. The molecule has 0 radical (unpaired) electrons. The van der Waals surface area contributed by atoms with Crippen LogP contribution in [-0.4, -0.2) is 59.6 Å². The van der Waals surface area contributed by atoms with Crippen molar-refractivity contribution in [3.8, 4) is 0 Å². The van der Waals surface area contributed by atoms with Crippen LogP contribution in [0.4, 0.5) is 0 Å². The highest BCUT2D eigenvalue weighted by molar-refractivity contribution is 7.99. The van der Waals surface area contributed by atoms with Crippen LogP contribution in [0.25, 0.3) is 0 Å². The maximum absolute atomic E-state index is 2.72. The van der Waals surface area contributed by atoms with E-state index in [1.807, 2.05) is 0 Å². The summed E-state index contributed by atoms with van der Waals surface area (Å²) in [6.07, 6.45) is 4.31. The van der Waals surface area contributed by atoms with Crippen LogP contribution in [0.3, 0.4) is 0 Å². The fraction of sp³-hybridized carbons (Fsp3) is 1.00. The molecular formula is C13H26N2S. The van der Waals surface area contributed by atoms with Gasteiger partial charge in [0.2, 0.25) is 0 Å². The molecule has 2 aliphatic rings. The van der Waals surface area contributed by atoms with Crippen LogP contribution in [-0.2, 0) is 0 Å². The molecule has 0 aromatic heterocycles. The van der Waals surface area contributed by atoms with Crippen LogP contribution >= 0.6 is 11.8 Å². The molecule has 2 fully saturated rings. The summed E-state index contributed by atoms with van der Waals surface area (Å²) in [5.41, 5.74) is 0. The first-order valence-corrected chi connectivity index (χ1v) is 8.02. The second kappa shape index (κ2) is 6.27. The van der Waals surface area contributed by atoms with Gasteiger partial charge in [-0.2, -0.15) is 11.8 Å². The Balaban J connectivity index is 1.79. The van der Waals surface area contributed by atoms with Gasteiger partial charge in [0, 0.05) is 37.5 Å². The van der Waals surface area contributed by atoms with Gasteiger partial charge in [-0.3, -0.25) is 9.80 Å². The van der Waals surface area contributed by atoms with Gasteiger partial charge in [-0.15, -0.1) is 0 Å². The van der Waals surface area contributed by atoms with Gasteiger partial charge < -0.3 is 0 Å². The van der Waals surface area contributed by atoms with E-state index >= 15 is 0 Å². The van der Waals surface area contributed by atoms with E-state index in [4.69, 9.17) is 0 Å². The molecule has 0 aromatic carbocycles. The number of piperidine rings is 1. The number of fused-ring (bicyclic) bond motifs is 1. The molecule has 2 nitrogen and oxygen atoms in total. The molecule has 0 aliphatic carbocycles. The van der Waals surface area contributed by atoms with Crippen molar-refractivity contribution in [2.75, 3.05) is 37.7 Å². The van der Waals surface area contributed by atoms with Crippen molar-refractivity contribution in [2.45, 2.75) is 45.2 Å². The lowest BCUT2D eigenvalue weighted by molar-refractivity contribution is 0.0357. The summed E-state index contributed by atoms with van der Waals surface area (Å²) in [6, 6.07) is 1.64. The minimum atomic E-state index is 0.772. The SMILES string of the molecule is CCSCC(C)N1CCN2CCCCC2C1. The molecule has 0 bridgehead atoms. The van der Waals surface area contributed by atoms with Crippen molar-refractivity contribution in [3.63, 3.8) is 0 Å². The van der Waals surface area contributed by atoms with Crippen molar-refractivity contribution in [2.24, 2.45) is 0 Å². The summed E-state index contributed by atoms with van der Waals surface area (Å²) in [6.45, 7) is 9.95. The average Bonchev–Trinajstić information content (AvgIpc) is 2.35. The van der Waals surface area contributed by atoms with Crippen LogP contribution in [0.15, 0.2) is 0 Å². The number of thioether (sulfide) groups is 1. The fourth-order valence-corrected chi connectivity index (χ4v) is 3.76. The lowest BCUT2D eigenvalue weighted by Crippen LogP contribution is -2.57. The first kappa shape index (κ1) is 12.7. The van der Waals surface area contributed by atoms with E-state index in [1.54, 1.807) is 0 Å². The highest BCUT2D eigenvalue weighted by Crippen LogP contribution is 2.22. The maximum atomic E-state index is 2.72. The zero-order chi connectivity index (χ0) is 11.4. The zero-order valence-electron chi connectivity index (χ0n) is 10.8. The lowest BCUT2D eigenvalue weighted by atomic mass is 9.99. The van der Waals surface area contributed by atoms with Gasteiger partial charge in [0.15, 0.2) is 0 Å². The molecule has 2 rings (SSSR count). The van der Waals surface area contributed by atoms with Gasteiger partial charge in [-0.05, 0) is 32.1 Å². The molecule has 0 N–H and O–H groups in total. The molecule has 2 aliphatic heterocycles. The molecular weight excluding hydrogens is 216 g/mol. The standard InChI is InChI=1S/C13H26N2S/c1-3-16-11-12(2)15-9-8-14-7-5-4-6-13(14)10-15/h12-13H,3-11H2,1-2H3. The van der Waals surface area contributed by atoms with Crippen LogP contribution < -0.4 is 0 Å². The molecule has 0 spiro atoms. The average molecular weight is 242 g/mol. The largest absolute Gasteiger partial charge is 0.298 e. The topological polar surface area (TPSA) is 6.48 Å². The second-order valence-corrected chi connectivity index (χ2v) is 6.51. The monoisotopic (exact) mass is 242 g/mol. The van der Waals surface area contributed by atoms with E-state index in [0.717, 1.165) is 12.1 Å². The Morgan fingerprint density at radius 1 is 1.25 bits per heavy atom. The molecule has 0 amide bonds. The molecule has 16 heavy (non-hydrogen) atoms. The van der Waals surface area contributed by atoms with E-state index in [9.17, 15) is 0 Å². The third-order valence-electron chi connectivity index (χ3n) is 4.06. The van der Waals surface area contributed by atoms with E-state index in [0.29, 0.717) is 0 Å². The van der Waals surface area contributed by atoms with Crippen molar-refractivity contribution < 1.29 is 0 Å². The Kier molecular flexibility index (Phi) is 4.98. The third-order valence-corrected chi connectivity index (χ3v) is 5.18. The zero-order valence-corrected chi connectivity index (χ0v) is 11.6. The van der Waals surface area contributed by atoms with Crippen molar-refractivity contribution in [3.05, 3.63) is 0 Å². The quantitative estimate of drug-likeness (QED) is 0.747. The Labute approximate surface area is 105 Å². The van der Waals surface area contributed by atoms with Gasteiger partial charge in [-0.1, -0.05) is 13.3 Å². The molecule has 94 valence electrons. The smallest absolute Gasteiger partial charge is 0.0223 e. The van der Waals surface area contributed by atoms with Crippen molar-refractivity contribution >= 4 is 11.8 Å². The van der Waals surface area contributed by atoms with E-state index in [2.05, 4.69) is 35.4 Å². The molecule has 2 heterocycles. The molecule has 0 aromatic rings. The summed E-state index contributed by atoms with van der Waals surface area (Å²) >= 11 is 2.08. The predicted molar refractivity (Wildman–Crippen MR) is 73.2 cm³/mol. The van der Waals surface area contributed by atoms with Gasteiger partial charge in [-0.25, -0.2) is 0 Å². The first-order valence-electron chi connectivity index (χ1n) is 6.87. The number of hydrogen-bond donors (Lipinski definition) is 0. The first-order chi connectivity index (χ1) is 7.81. The van der Waals surface area contributed by atoms with E-state index in [-0.39, 0.29) is 0 Å². The molecule has 3 heteroatoms. The number of rotatable bonds is 4. The summed E-state index contributed by atoms with van der Waals surface area (Å²) < 4.78 is 0. The summed E-state index contributed by atoms with van der Waals surface area (Å²) in [4.78, 5) is 5.44. The van der Waals surface area contributed by atoms with Crippen LogP contribution in [0.2, 0.25) is 0 Å². The minimum Gasteiger partial charge on any atom is -0.298 e. The Morgan fingerprint density at radius 2 is 2.12 bits per heavy atom. The minimum absolute atomic E-state index is 0.772. The van der Waals surface area contributed by atoms with Crippen LogP contribution in [0.5, 0.6) is 0 Å². The number of nitrogens with zero attached hydrogens (tertiary/aromatic N) is 2. The molecule has 2 saturated heterocycles. The normalized spacial score (nSPS) is 30.0. The predicted octanol–water partition coefficient (Wildman–Crippen LogP) is 2.30. The Morgan fingerprint density at radius 3 is 2.94 bits per heavy atom. The Bertz CT molecular complexity index is 210. The van der Waals surface area contributed by atoms with Gasteiger partial charge in [0.05, 0.1) is 0 Å². The van der Waals surface area contributed by atoms with Crippen molar-refractivity contribution in [1.29, 1.82) is 0 Å². The molecule has 2 atom stereocenters. The van der Waals surface area contributed by atoms with Gasteiger partial charge in [0.1, 0.15) is 0 Å². The summed E-state index contributed by atoms with van der Waals surface area (Å²) in [7, 11) is 0. The molecule has 0 saturated carbocycles. The van der Waals surface area contributed by atoms with Gasteiger partial charge in [0.25, 0.3) is 0 Å². The molecule has 2 unspecified atom stereocenters. The maximum Gasteiger partial charge on any atom is 0.0223 e. The van der Waals surface area contributed by atoms with Crippen LogP contribution in [0, 0.1) is 0 Å². The Hall–Kier alpha value is 0.270. The van der Waals surface area contributed by atoms with Crippen molar-refractivity contribution in [1.82, 2.24) is 9.80 Å². The fourth-order valence-electron chi connectivity index (χ4n) is 2.97. The van der Waals surface area contributed by atoms with Gasteiger partial charge >= 0.3 is 0 Å². The lowest BCUT2D eigenvalue weighted by Gasteiger charge is -2.46. The highest BCUT2D eigenvalue weighted by atomic mass is 32.2. The van der Waals surface area contributed by atoms with E-state index < -0.39 is 0 Å².